The topological polar surface area (TPSA) is 139 Å². The Morgan fingerprint density at radius 2 is 1.32 bits per heavy atom. The highest BCUT2D eigenvalue weighted by molar-refractivity contribution is 5.90. The highest BCUT2D eigenvalue weighted by atomic mass is 16.6. The Kier molecular flexibility index (Phi) is 6.30. The Labute approximate surface area is 193 Å². The van der Waals surface area contributed by atoms with Crippen molar-refractivity contribution in [2.24, 2.45) is 5.92 Å². The number of nitro benzene ring substituents is 2. The van der Waals surface area contributed by atoms with Crippen LogP contribution in [0.1, 0.15) is 37.9 Å². The second-order valence-electron chi connectivity index (χ2n) is 7.70. The van der Waals surface area contributed by atoms with E-state index in [1.807, 2.05) is 24.3 Å². The number of hydrogen-bond donors (Lipinski definition) is 0. The van der Waals surface area contributed by atoms with Crippen molar-refractivity contribution in [3.8, 4) is 0 Å². The number of ether oxygens (including phenoxy) is 2. The zero-order chi connectivity index (χ0) is 24.2. The summed E-state index contributed by atoms with van der Waals surface area (Å²) < 4.78 is 11.2. The molecular formula is C24H18N2O8. The Hall–Kier alpha value is -4.60. The maximum absolute atomic E-state index is 12.7. The fourth-order valence-corrected chi connectivity index (χ4v) is 3.84. The Bertz CT molecular complexity index is 1250. The van der Waals surface area contributed by atoms with E-state index in [2.05, 4.69) is 0 Å². The van der Waals surface area contributed by atoms with Crippen molar-refractivity contribution in [2.45, 2.75) is 12.5 Å². The first-order valence-corrected chi connectivity index (χ1v) is 10.3. The molecule has 1 aliphatic carbocycles. The molecule has 3 aromatic rings. The van der Waals surface area contributed by atoms with Gasteiger partial charge in [-0.2, -0.15) is 0 Å². The molecule has 0 aliphatic heterocycles. The van der Waals surface area contributed by atoms with Crippen LogP contribution in [-0.4, -0.2) is 28.4 Å². The largest absolute Gasteiger partial charge is 0.462 e. The molecule has 0 unspecified atom stereocenters. The lowest BCUT2D eigenvalue weighted by atomic mass is 10.0. The number of non-ortho nitro benzene ring substituents is 2. The molecule has 2 atom stereocenters. The fraction of sp³-hybridized carbons (Fsp3) is 0.167. The number of benzene rings is 3. The third-order valence-corrected chi connectivity index (χ3v) is 5.56. The molecule has 0 spiro atoms. The number of nitro groups is 2. The first-order chi connectivity index (χ1) is 16.3. The summed E-state index contributed by atoms with van der Waals surface area (Å²) in [5.74, 6) is -1.64. The van der Waals surface area contributed by atoms with Gasteiger partial charge in [-0.15, -0.1) is 0 Å². The minimum Gasteiger partial charge on any atom is -0.462 e. The molecule has 4 rings (SSSR count). The van der Waals surface area contributed by atoms with Gasteiger partial charge in [0.15, 0.2) is 0 Å². The van der Waals surface area contributed by atoms with Crippen molar-refractivity contribution < 1.29 is 28.9 Å². The van der Waals surface area contributed by atoms with Crippen molar-refractivity contribution in [3.05, 3.63) is 115 Å². The average Bonchev–Trinajstić information content (AvgIpc) is 3.19. The number of hydrogen-bond acceptors (Lipinski definition) is 8. The average molecular weight is 462 g/mol. The first-order valence-electron chi connectivity index (χ1n) is 10.3. The summed E-state index contributed by atoms with van der Waals surface area (Å²) in [5.41, 5.74) is 1.81. The van der Waals surface area contributed by atoms with Gasteiger partial charge in [-0.1, -0.05) is 24.3 Å². The van der Waals surface area contributed by atoms with E-state index in [-0.39, 0.29) is 35.0 Å². The maximum atomic E-state index is 12.7. The number of rotatable bonds is 7. The number of fused-ring (bicyclic) bond motifs is 1. The van der Waals surface area contributed by atoms with Gasteiger partial charge >= 0.3 is 11.9 Å². The number of esters is 2. The second-order valence-corrected chi connectivity index (χ2v) is 7.70. The summed E-state index contributed by atoms with van der Waals surface area (Å²) in [6.45, 7) is -0.0390. The molecule has 0 amide bonds. The van der Waals surface area contributed by atoms with Crippen LogP contribution in [0.2, 0.25) is 0 Å². The Balaban J connectivity index is 1.47. The van der Waals surface area contributed by atoms with Gasteiger partial charge in [0.25, 0.3) is 11.4 Å². The summed E-state index contributed by atoms with van der Waals surface area (Å²) in [6, 6.07) is 17.6. The van der Waals surface area contributed by atoms with Gasteiger partial charge in [0, 0.05) is 30.2 Å². The van der Waals surface area contributed by atoms with Crippen LogP contribution in [0.25, 0.3) is 0 Å². The SMILES string of the molecule is O=C(OC[C@@H]1Cc2ccccc2[C@H]1OC(=O)c1ccc([N+](=O)[O-])cc1)c1ccc([N+](=O)[O-])cc1. The molecule has 0 bridgehead atoms. The van der Waals surface area contributed by atoms with Gasteiger partial charge in [-0.25, -0.2) is 9.59 Å². The molecule has 0 saturated carbocycles. The van der Waals surface area contributed by atoms with Gasteiger partial charge < -0.3 is 9.47 Å². The molecule has 34 heavy (non-hydrogen) atoms. The lowest BCUT2D eigenvalue weighted by Crippen LogP contribution is -2.22. The molecule has 3 aromatic carbocycles. The van der Waals surface area contributed by atoms with Gasteiger partial charge in [-0.05, 0) is 41.8 Å². The highest BCUT2D eigenvalue weighted by Gasteiger charge is 2.36. The normalized spacial score (nSPS) is 16.4. The summed E-state index contributed by atoms with van der Waals surface area (Å²) in [7, 11) is 0. The quantitative estimate of drug-likeness (QED) is 0.285. The third kappa shape index (κ3) is 4.75. The number of carbonyl (C=O) groups is 2. The van der Waals surface area contributed by atoms with Crippen LogP contribution in [0, 0.1) is 26.1 Å². The minimum atomic E-state index is -0.677. The van der Waals surface area contributed by atoms with E-state index in [9.17, 15) is 29.8 Å². The summed E-state index contributed by atoms with van der Waals surface area (Å²) in [5, 5.41) is 21.6. The minimum absolute atomic E-state index is 0.0390. The molecule has 0 aromatic heterocycles. The van der Waals surface area contributed by atoms with Crippen LogP contribution in [0.3, 0.4) is 0 Å². The van der Waals surface area contributed by atoms with Crippen LogP contribution < -0.4 is 0 Å². The van der Waals surface area contributed by atoms with Gasteiger partial charge in [0.2, 0.25) is 0 Å². The monoisotopic (exact) mass is 462 g/mol. The highest BCUT2D eigenvalue weighted by Crippen LogP contribution is 2.39. The van der Waals surface area contributed by atoms with E-state index in [0.29, 0.717) is 6.42 Å². The summed E-state index contributed by atoms with van der Waals surface area (Å²) in [6.07, 6.45) is -0.161. The Morgan fingerprint density at radius 1 is 0.794 bits per heavy atom. The van der Waals surface area contributed by atoms with Crippen molar-refractivity contribution >= 4 is 23.3 Å². The van der Waals surface area contributed by atoms with Gasteiger partial charge in [-0.3, -0.25) is 20.2 Å². The van der Waals surface area contributed by atoms with Crippen LogP contribution in [0.15, 0.2) is 72.8 Å². The van der Waals surface area contributed by atoms with Crippen molar-refractivity contribution in [3.63, 3.8) is 0 Å². The number of carbonyl (C=O) groups excluding carboxylic acids is 2. The molecule has 10 heteroatoms. The third-order valence-electron chi connectivity index (χ3n) is 5.56. The second kappa shape index (κ2) is 9.49. The predicted octanol–water partition coefficient (Wildman–Crippen LogP) is 4.43. The zero-order valence-corrected chi connectivity index (χ0v) is 17.7. The maximum Gasteiger partial charge on any atom is 0.338 e. The van der Waals surface area contributed by atoms with E-state index in [1.165, 1.54) is 48.5 Å². The van der Waals surface area contributed by atoms with Crippen molar-refractivity contribution in [1.82, 2.24) is 0 Å². The lowest BCUT2D eigenvalue weighted by Gasteiger charge is -2.21. The van der Waals surface area contributed by atoms with E-state index in [1.54, 1.807) is 0 Å². The molecular weight excluding hydrogens is 444 g/mol. The molecule has 10 nitrogen and oxygen atoms in total. The molecule has 0 N–H and O–H groups in total. The van der Waals surface area contributed by atoms with Gasteiger partial charge in [0.05, 0.1) is 27.6 Å². The smallest absolute Gasteiger partial charge is 0.338 e. The van der Waals surface area contributed by atoms with Crippen LogP contribution in [0.4, 0.5) is 11.4 Å². The molecule has 0 radical (unpaired) electrons. The van der Waals surface area contributed by atoms with E-state index in [4.69, 9.17) is 9.47 Å². The molecule has 0 saturated heterocycles. The van der Waals surface area contributed by atoms with Crippen molar-refractivity contribution in [1.29, 1.82) is 0 Å². The predicted molar refractivity (Wildman–Crippen MR) is 118 cm³/mol. The number of nitrogens with zero attached hydrogens (tertiary/aromatic N) is 2. The summed E-state index contributed by atoms with van der Waals surface area (Å²) >= 11 is 0. The molecule has 0 heterocycles. The zero-order valence-electron chi connectivity index (χ0n) is 17.7. The lowest BCUT2D eigenvalue weighted by molar-refractivity contribution is -0.385. The van der Waals surface area contributed by atoms with Crippen LogP contribution in [-0.2, 0) is 15.9 Å². The van der Waals surface area contributed by atoms with Crippen LogP contribution in [0.5, 0.6) is 0 Å². The Morgan fingerprint density at radius 3 is 1.88 bits per heavy atom. The molecule has 1 aliphatic rings. The first kappa shape index (κ1) is 22.6. The molecule has 0 fully saturated rings. The summed E-state index contributed by atoms with van der Waals surface area (Å²) in [4.78, 5) is 45.7. The fourth-order valence-electron chi connectivity index (χ4n) is 3.84. The van der Waals surface area contributed by atoms with Gasteiger partial charge in [0.1, 0.15) is 6.10 Å². The van der Waals surface area contributed by atoms with E-state index >= 15 is 0 Å². The van der Waals surface area contributed by atoms with E-state index < -0.39 is 27.9 Å². The van der Waals surface area contributed by atoms with Crippen molar-refractivity contribution in [2.75, 3.05) is 6.61 Å². The standard InChI is InChI=1S/C24H18N2O8/c27-23(15-5-9-19(10-6-15)25(29)30)33-14-18-13-17-3-1-2-4-21(17)22(18)34-24(28)16-7-11-20(12-8-16)26(31)32/h1-12,18,22H,13-14H2/t18-,22-/m0/s1. The van der Waals surface area contributed by atoms with Crippen LogP contribution >= 0.6 is 0 Å². The van der Waals surface area contributed by atoms with E-state index in [0.717, 1.165) is 11.1 Å². The molecule has 172 valence electrons.